The minimum absolute atomic E-state index is 0.0208. The lowest BCUT2D eigenvalue weighted by Gasteiger charge is -2.48. The number of phenols is 3. The average molecular weight is 1730 g/mol. The van der Waals surface area contributed by atoms with Gasteiger partial charge in [0.15, 0.2) is 29.9 Å². The van der Waals surface area contributed by atoms with E-state index in [2.05, 4.69) is 52.8 Å². The fourth-order valence-electron chi connectivity index (χ4n) is 14.8. The van der Waals surface area contributed by atoms with Crippen LogP contribution in [0.2, 0.25) is 10.0 Å². The summed E-state index contributed by atoms with van der Waals surface area (Å²) in [5.41, 5.74) is 2.63. The molecule has 8 amide bonds. The first kappa shape index (κ1) is 89.7. The molecule has 2 saturated heterocycles. The van der Waals surface area contributed by atoms with Crippen LogP contribution in [0.4, 0.5) is 5.69 Å². The Morgan fingerprint density at radius 2 is 1.36 bits per heavy atom. The van der Waals surface area contributed by atoms with Crippen LogP contribution in [0.25, 0.3) is 11.1 Å². The second-order valence-corrected chi connectivity index (χ2v) is 31.6. The molecule has 7 aliphatic rings. The van der Waals surface area contributed by atoms with Gasteiger partial charge < -0.3 is 138 Å². The molecule has 0 spiro atoms. The van der Waals surface area contributed by atoms with E-state index in [0.29, 0.717) is 23.6 Å². The molecule has 1 aromatic heterocycles. The summed E-state index contributed by atoms with van der Waals surface area (Å²) >= 11 is 14.3. The fourth-order valence-corrected chi connectivity index (χ4v) is 15.3. The molecule has 21 N–H and O–H groups in total. The molecule has 650 valence electrons. The number of aromatic nitrogens is 1. The molecule has 6 aromatic carbocycles. The largest absolute Gasteiger partial charge is 0.508 e. The van der Waals surface area contributed by atoms with E-state index >= 15 is 14.4 Å². The second kappa shape index (κ2) is 38.2. The molecule has 0 radical (unpaired) electrons. The van der Waals surface area contributed by atoms with E-state index in [1.54, 1.807) is 37.3 Å². The molecule has 18 atom stereocenters. The molecule has 122 heavy (non-hydrogen) atoms. The van der Waals surface area contributed by atoms with Crippen molar-refractivity contribution in [1.82, 2.24) is 47.5 Å². The molecule has 39 heteroatoms. The first-order valence-corrected chi connectivity index (χ1v) is 39.7. The number of halogens is 2. The zero-order valence-electron chi connectivity index (χ0n) is 66.4. The van der Waals surface area contributed by atoms with Gasteiger partial charge in [0, 0.05) is 59.3 Å². The lowest BCUT2D eigenvalue weighted by atomic mass is 9.84. The molecule has 14 rings (SSSR count). The predicted octanol–water partition coefficient (Wildman–Crippen LogP) is 3.76. The maximum atomic E-state index is 16.2. The van der Waals surface area contributed by atoms with E-state index in [1.165, 1.54) is 38.5 Å². The van der Waals surface area contributed by atoms with Crippen molar-refractivity contribution in [2.75, 3.05) is 25.6 Å². The number of nitrogens with zero attached hydrogens (tertiary/aromatic N) is 1. The van der Waals surface area contributed by atoms with Crippen molar-refractivity contribution in [2.24, 2.45) is 11.7 Å². The molecule has 11 bridgehead atoms. The topological polar surface area (TPSA) is 568 Å². The van der Waals surface area contributed by atoms with E-state index in [1.807, 2.05) is 20.8 Å². The molecule has 37 nitrogen and oxygen atoms in total. The Morgan fingerprint density at radius 1 is 0.713 bits per heavy atom. The van der Waals surface area contributed by atoms with Gasteiger partial charge in [0.05, 0.1) is 53.5 Å². The van der Waals surface area contributed by atoms with Gasteiger partial charge in [-0.2, -0.15) is 0 Å². The number of ether oxygens (including phenoxy) is 7. The van der Waals surface area contributed by atoms with Crippen LogP contribution in [-0.4, -0.2) is 208 Å². The maximum Gasteiger partial charge on any atom is 0.330 e. The number of hydrogen-bond acceptors (Lipinski definition) is 28. The van der Waals surface area contributed by atoms with Gasteiger partial charge in [0.1, 0.15) is 95.2 Å². The quantitative estimate of drug-likeness (QED) is 0.0429. The summed E-state index contributed by atoms with van der Waals surface area (Å²) in [6.07, 6.45) is -14.6. The van der Waals surface area contributed by atoms with Crippen LogP contribution < -0.4 is 72.5 Å². The van der Waals surface area contributed by atoms with E-state index < -0.39 is 243 Å². The number of pyridine rings is 1. The molecule has 4 unspecified atom stereocenters. The van der Waals surface area contributed by atoms with Gasteiger partial charge in [-0.3, -0.25) is 43.3 Å². The Bertz CT molecular complexity index is 5130. The molecular formula is C83H93Cl2N11O26. The summed E-state index contributed by atoms with van der Waals surface area (Å²) in [6.45, 7) is 8.34. The number of carboxylic acids is 1. The highest BCUT2D eigenvalue weighted by atomic mass is 35.5. The third kappa shape index (κ3) is 20.1. The molecule has 2 fully saturated rings. The Balaban J connectivity index is 1.00. The van der Waals surface area contributed by atoms with E-state index in [0.717, 1.165) is 79.6 Å². The van der Waals surface area contributed by atoms with Crippen LogP contribution in [-0.2, 0) is 59.1 Å². The molecular weight excluding hydrogens is 1640 g/mol. The number of aromatic hydroxyl groups is 3. The van der Waals surface area contributed by atoms with Gasteiger partial charge in [-0.05, 0) is 152 Å². The lowest BCUT2D eigenvalue weighted by Crippen LogP contribution is -2.65. The zero-order chi connectivity index (χ0) is 88.0. The Labute approximate surface area is 706 Å². The number of likely N-dealkylation sites (N-methyl/N-ethyl adjacent to an activating group) is 1. The number of unbranched alkanes of at least 4 members (excludes halogenated alkanes) is 1. The SMILES string of the molecule is CCCCOc1ccc(NC(=O)c2cncc(CNC3(C)C[C@H](O[C@H]4C(Oc5c6cc7cc5Oc5ccc(cc5Cl)[C@@H](O)[C@H]5NC(=O)[C@@H](NC(=O)C7NC(=O)[C@H](CC(N)=O)NC(=O)[C@H](NC(=O)[C@H](CC(C)C)NC)[C@H](O)c7ccc(c(Cl)c7)O6)c6ccc(O)c(c6)-c6c(O)cc(O)cc6[C@H](C(=O)O)NC5=O)O[C@@H](CO)[C@@H](O)[C@H]4O)OC(C)[C@@H]3O)c2)cc1. The number of aliphatic carboxylic acids is 1. The van der Waals surface area contributed by atoms with E-state index in [4.69, 9.17) is 62.1 Å². The highest BCUT2D eigenvalue weighted by Gasteiger charge is 2.52. The van der Waals surface area contributed by atoms with Crippen LogP contribution >= 0.6 is 23.2 Å². The third-order valence-electron chi connectivity index (χ3n) is 21.4. The van der Waals surface area contributed by atoms with Gasteiger partial charge in [0.25, 0.3) is 5.91 Å². The van der Waals surface area contributed by atoms with E-state index in [9.17, 15) is 79.8 Å². The maximum absolute atomic E-state index is 16.2. The second-order valence-electron chi connectivity index (χ2n) is 30.7. The number of phenolic OH excluding ortho intramolecular Hbond substituents is 3. The van der Waals surface area contributed by atoms with Crippen LogP contribution in [0.5, 0.6) is 51.7 Å². The molecule has 7 aromatic rings. The van der Waals surface area contributed by atoms with Crippen LogP contribution in [0.1, 0.15) is 141 Å². The van der Waals surface area contributed by atoms with Crippen LogP contribution in [0, 0.1) is 5.92 Å². The van der Waals surface area contributed by atoms with Crippen molar-refractivity contribution in [3.8, 4) is 62.9 Å². The molecule has 0 aliphatic carbocycles. The minimum Gasteiger partial charge on any atom is -0.508 e. The van der Waals surface area contributed by atoms with Gasteiger partial charge >= 0.3 is 5.97 Å². The van der Waals surface area contributed by atoms with Crippen LogP contribution in [0.3, 0.4) is 0 Å². The summed E-state index contributed by atoms with van der Waals surface area (Å²) in [4.78, 5) is 136. The Hall–Kier alpha value is -11.6. The first-order chi connectivity index (χ1) is 58.0. The van der Waals surface area contributed by atoms with Crippen molar-refractivity contribution in [2.45, 2.75) is 183 Å². The number of benzene rings is 6. The smallest absolute Gasteiger partial charge is 0.330 e. The molecule has 0 saturated carbocycles. The van der Waals surface area contributed by atoms with Gasteiger partial charge in [0.2, 0.25) is 53.4 Å². The summed E-state index contributed by atoms with van der Waals surface area (Å²) in [6, 6.07) is 7.54. The number of amides is 8. The minimum atomic E-state index is -2.39. The number of hydrogen-bond donors (Lipinski definition) is 20. The number of carbonyl (C=O) groups excluding carboxylic acids is 8. The summed E-state index contributed by atoms with van der Waals surface area (Å²) in [7, 11) is 1.47. The zero-order valence-corrected chi connectivity index (χ0v) is 67.9. The Morgan fingerprint density at radius 3 is 1.99 bits per heavy atom. The predicted molar refractivity (Wildman–Crippen MR) is 431 cm³/mol. The highest BCUT2D eigenvalue weighted by Crippen LogP contribution is 2.50. The van der Waals surface area contributed by atoms with Gasteiger partial charge in [-0.15, -0.1) is 0 Å². The molecule has 7 aliphatic heterocycles. The first-order valence-electron chi connectivity index (χ1n) is 38.9. The standard InChI is InChI=1S/C83H93Cl2N11O26/c1-7-8-19-116-45-14-12-43(13-15-45)90-74(107)42-21-37(31-88-33-42)32-89-83(5)30-60(117-36(4)73(83)106)121-72-70(105)69(104)58(34-97)120-82(72)122-71-56-25-41-26-57(71)119-55-18-11-40(24-49(55)85)68(103)66-80(113)94-64(81(114)115)47-27-44(98)28-53(100)61(47)46-22-38(9-16-52(46)99)62(77(110)96-66)93-78(111)63(41)92-76(109)51(29-59(86)101)91-79(112)65(95-75(108)50(87-6)20-35(2)3)67(102)39-10-17-54(118-56)48(84)23-39/h9-18,21-28,31,33,35-36,50-51,58,60,62-70,72-73,82,87,89,97-100,102-106H,7-8,19-20,29-30,32,34H2,1-6H3,(H2,86,101)(H,90,107)(H,91,112)(H,92,109)(H,93,111)(H,94,113)(H,95,108)(H,96,110)(H,114,115)/t36?,50-,51-,58-,60-,62-,63?,64+,65+,66+,67+,68+,69+,70+,72+,73-,82?,83?/m0/s1. The average Bonchev–Trinajstić information content (AvgIpc) is 0.766. The monoisotopic (exact) mass is 1730 g/mol. The summed E-state index contributed by atoms with van der Waals surface area (Å²) in [5, 5.41) is 140. The van der Waals surface area contributed by atoms with Crippen molar-refractivity contribution in [3.63, 3.8) is 0 Å². The number of aliphatic hydroxyl groups excluding tert-OH is 6. The number of rotatable bonds is 22. The van der Waals surface area contributed by atoms with Gasteiger partial charge in [-0.1, -0.05) is 68.6 Å². The van der Waals surface area contributed by atoms with Crippen LogP contribution in [0.15, 0.2) is 122 Å². The number of nitrogens with one attached hydrogen (secondary N) is 9. The number of primary amides is 1. The van der Waals surface area contributed by atoms with Crippen molar-refractivity contribution < 1.29 is 127 Å². The number of fused-ring (bicyclic) bond motifs is 15. The third-order valence-corrected chi connectivity index (χ3v) is 22.0. The normalized spacial score (nSPS) is 26.3. The van der Waals surface area contributed by atoms with Crippen molar-refractivity contribution in [3.05, 3.63) is 171 Å². The summed E-state index contributed by atoms with van der Waals surface area (Å²) < 4.78 is 45.2. The molecule has 8 heterocycles. The van der Waals surface area contributed by atoms with Crippen molar-refractivity contribution >= 4 is 82.1 Å². The highest BCUT2D eigenvalue weighted by molar-refractivity contribution is 6.32. The number of aliphatic hydroxyl groups is 6. The Kier molecular flexibility index (Phi) is 28.1. The lowest BCUT2D eigenvalue weighted by molar-refractivity contribution is -0.334. The number of carbonyl (C=O) groups is 9. The fraction of sp³-hybridized carbons (Fsp3) is 0.398. The van der Waals surface area contributed by atoms with E-state index in [-0.39, 0.29) is 58.3 Å². The van der Waals surface area contributed by atoms with Gasteiger partial charge in [-0.25, -0.2) is 4.79 Å². The number of carboxylic acid groups (broad SMARTS) is 1. The van der Waals surface area contributed by atoms with Crippen molar-refractivity contribution in [1.29, 1.82) is 0 Å². The number of anilines is 1. The number of nitrogens with two attached hydrogens (primary N) is 1. The summed E-state index contributed by atoms with van der Waals surface area (Å²) in [5.74, 6) is -16.1.